The van der Waals surface area contributed by atoms with E-state index in [9.17, 15) is 14.7 Å². The highest BCUT2D eigenvalue weighted by Gasteiger charge is 2.52. The first-order valence-electron chi connectivity index (χ1n) is 16.4. The maximum atomic E-state index is 14.0. The van der Waals surface area contributed by atoms with Gasteiger partial charge in [0.1, 0.15) is 5.54 Å². The average molecular weight is 620 g/mol. The Kier molecular flexibility index (Phi) is 10.5. The van der Waals surface area contributed by atoms with Crippen molar-refractivity contribution in [1.82, 2.24) is 10.3 Å². The molecule has 0 radical (unpaired) electrons. The molecule has 1 aliphatic heterocycles. The van der Waals surface area contributed by atoms with E-state index in [2.05, 4.69) is 60.5 Å². The van der Waals surface area contributed by atoms with Crippen LogP contribution in [0.1, 0.15) is 78.6 Å². The van der Waals surface area contributed by atoms with Crippen molar-refractivity contribution < 1.29 is 19.4 Å². The summed E-state index contributed by atoms with van der Waals surface area (Å²) in [7, 11) is 0. The third-order valence-corrected chi connectivity index (χ3v) is 8.75. The average Bonchev–Trinajstić information content (AvgIpc) is 3.16. The van der Waals surface area contributed by atoms with Crippen LogP contribution in [0.25, 0.3) is 0 Å². The number of hydrogen-bond acceptors (Lipinski definition) is 5. The van der Waals surface area contributed by atoms with Crippen LogP contribution in [0.5, 0.6) is 5.88 Å². The van der Waals surface area contributed by atoms with Crippen LogP contribution in [0.15, 0.2) is 84.9 Å². The number of unbranched alkanes of at least 4 members (excludes halogenated alkanes) is 2. The van der Waals surface area contributed by atoms with Crippen molar-refractivity contribution in [1.29, 1.82) is 0 Å². The molecule has 7 heteroatoms. The highest BCUT2D eigenvalue weighted by Crippen LogP contribution is 2.43. The molecule has 2 atom stereocenters. The molecule has 0 spiro atoms. The van der Waals surface area contributed by atoms with Gasteiger partial charge in [0.05, 0.1) is 13.1 Å². The van der Waals surface area contributed by atoms with Gasteiger partial charge < -0.3 is 14.7 Å². The van der Waals surface area contributed by atoms with Gasteiger partial charge in [-0.3, -0.25) is 10.1 Å². The largest absolute Gasteiger partial charge is 0.478 e. The molecule has 7 nitrogen and oxygen atoms in total. The predicted molar refractivity (Wildman–Crippen MR) is 182 cm³/mol. The molecule has 1 amide bonds. The molecule has 0 aliphatic carbocycles. The second-order valence-electron chi connectivity index (χ2n) is 12.3. The van der Waals surface area contributed by atoms with Crippen molar-refractivity contribution in [3.63, 3.8) is 0 Å². The summed E-state index contributed by atoms with van der Waals surface area (Å²) >= 11 is 0. The number of ether oxygens (including phenoxy) is 1. The number of anilines is 1. The molecule has 240 valence electrons. The fraction of sp³-hybridized carbons (Fsp3) is 0.359. The van der Waals surface area contributed by atoms with Crippen LogP contribution in [0.4, 0.5) is 5.69 Å². The van der Waals surface area contributed by atoms with Crippen LogP contribution < -0.4 is 15.0 Å². The van der Waals surface area contributed by atoms with E-state index in [1.807, 2.05) is 56.3 Å². The van der Waals surface area contributed by atoms with Crippen LogP contribution in [-0.2, 0) is 34.5 Å². The van der Waals surface area contributed by atoms with E-state index in [4.69, 9.17) is 4.74 Å². The molecule has 0 unspecified atom stereocenters. The minimum Gasteiger partial charge on any atom is -0.478 e. The number of carboxylic acids is 1. The van der Waals surface area contributed by atoms with Gasteiger partial charge in [-0.25, -0.2) is 9.78 Å². The second kappa shape index (κ2) is 14.7. The SMILES string of the molecule is CCCCc1ccc(CN2C(=O)CN[C@](c3cccc(CCCC)c3)([C@H](Oc3cc(C)cc(C)n3)C(=O)O)c3ccccc32)cc1. The van der Waals surface area contributed by atoms with Crippen LogP contribution in [-0.4, -0.2) is 34.6 Å². The number of carbonyl (C=O) groups is 2. The highest BCUT2D eigenvalue weighted by molar-refractivity contribution is 5.97. The molecule has 0 bridgehead atoms. The van der Waals surface area contributed by atoms with Crippen molar-refractivity contribution in [3.05, 3.63) is 124 Å². The van der Waals surface area contributed by atoms with Gasteiger partial charge in [0.25, 0.3) is 0 Å². The summed E-state index contributed by atoms with van der Waals surface area (Å²) in [6.45, 7) is 8.39. The number of hydrogen-bond donors (Lipinski definition) is 2. The molecule has 0 saturated carbocycles. The molecule has 46 heavy (non-hydrogen) atoms. The van der Waals surface area contributed by atoms with Gasteiger partial charge in [-0.2, -0.15) is 0 Å². The summed E-state index contributed by atoms with van der Waals surface area (Å²) in [5.74, 6) is -1.09. The van der Waals surface area contributed by atoms with Crippen LogP contribution in [0, 0.1) is 13.8 Å². The van der Waals surface area contributed by atoms with Crippen LogP contribution >= 0.6 is 0 Å². The van der Waals surface area contributed by atoms with E-state index in [-0.39, 0.29) is 18.3 Å². The van der Waals surface area contributed by atoms with Crippen molar-refractivity contribution in [2.45, 2.75) is 84.4 Å². The molecule has 2 N–H and O–H groups in total. The van der Waals surface area contributed by atoms with Gasteiger partial charge in [-0.15, -0.1) is 0 Å². The second-order valence-corrected chi connectivity index (χ2v) is 12.3. The first-order chi connectivity index (χ1) is 22.2. The first-order valence-corrected chi connectivity index (χ1v) is 16.4. The number of nitrogens with zero attached hydrogens (tertiary/aromatic N) is 2. The monoisotopic (exact) mass is 619 g/mol. The third kappa shape index (κ3) is 7.15. The third-order valence-electron chi connectivity index (χ3n) is 8.75. The molecule has 1 aromatic heterocycles. The summed E-state index contributed by atoms with van der Waals surface area (Å²) in [5, 5.41) is 14.4. The van der Waals surface area contributed by atoms with E-state index >= 15 is 0 Å². The topological polar surface area (TPSA) is 91.8 Å². The maximum absolute atomic E-state index is 14.0. The Morgan fingerprint density at radius 1 is 0.913 bits per heavy atom. The lowest BCUT2D eigenvalue weighted by Crippen LogP contribution is -2.58. The Balaban J connectivity index is 1.67. The summed E-state index contributed by atoms with van der Waals surface area (Å²) in [4.78, 5) is 33.7. The number of pyridine rings is 1. The molecule has 3 aromatic carbocycles. The fourth-order valence-corrected chi connectivity index (χ4v) is 6.44. The zero-order valence-electron chi connectivity index (χ0n) is 27.4. The van der Waals surface area contributed by atoms with Crippen LogP contribution in [0.3, 0.4) is 0 Å². The van der Waals surface area contributed by atoms with E-state index in [1.165, 1.54) is 5.56 Å². The summed E-state index contributed by atoms with van der Waals surface area (Å²) < 4.78 is 6.40. The number of carbonyl (C=O) groups excluding carboxylic acids is 1. The Bertz CT molecular complexity index is 1650. The number of rotatable bonds is 13. The predicted octanol–water partition coefficient (Wildman–Crippen LogP) is 7.30. The van der Waals surface area contributed by atoms with Gasteiger partial charge >= 0.3 is 5.97 Å². The zero-order valence-corrected chi connectivity index (χ0v) is 27.4. The van der Waals surface area contributed by atoms with Gasteiger partial charge in [0.2, 0.25) is 17.9 Å². The fourth-order valence-electron chi connectivity index (χ4n) is 6.44. The lowest BCUT2D eigenvalue weighted by Gasteiger charge is -2.40. The lowest BCUT2D eigenvalue weighted by molar-refractivity contribution is -0.149. The number of aryl methyl sites for hydroxylation is 4. The Hall–Kier alpha value is -4.49. The maximum Gasteiger partial charge on any atom is 0.347 e. The number of para-hydroxylation sites is 1. The molecule has 5 rings (SSSR count). The minimum atomic E-state index is -1.45. The lowest BCUT2D eigenvalue weighted by atomic mass is 9.76. The van der Waals surface area contributed by atoms with Crippen LogP contribution in [0.2, 0.25) is 0 Å². The van der Waals surface area contributed by atoms with E-state index < -0.39 is 17.6 Å². The molecule has 1 aliphatic rings. The summed E-state index contributed by atoms with van der Waals surface area (Å²) in [6, 6.07) is 27.7. The smallest absolute Gasteiger partial charge is 0.347 e. The number of nitrogens with one attached hydrogen (secondary N) is 1. The quantitative estimate of drug-likeness (QED) is 0.163. The van der Waals surface area contributed by atoms with Gasteiger partial charge in [-0.05, 0) is 79.5 Å². The first kappa shape index (κ1) is 32.9. The van der Waals surface area contributed by atoms with E-state index in [0.717, 1.165) is 66.5 Å². The zero-order chi connectivity index (χ0) is 32.7. The molecule has 0 fully saturated rings. The van der Waals surface area contributed by atoms with Crippen molar-refractivity contribution in [3.8, 4) is 5.88 Å². The standard InChI is InChI=1S/C39H45N3O4/c1-5-7-12-29-18-20-31(21-19-29)26-42-34-17-10-9-16-33(34)39(40-25-36(42)43,32-15-11-14-30(24-32)13-8-6-2)37(38(44)45)46-35-23-27(3)22-28(4)41-35/h9-11,14-24,37,40H,5-8,12-13,25-26H2,1-4H3,(H,44,45)/t37-,39+/m1/s1. The Morgan fingerprint density at radius 2 is 1.61 bits per heavy atom. The molecule has 4 aromatic rings. The normalized spacial score (nSPS) is 16.9. The number of aromatic nitrogens is 1. The van der Waals surface area contributed by atoms with Gasteiger partial charge in [0, 0.05) is 23.0 Å². The molecule has 0 saturated heterocycles. The number of carboxylic acid groups (broad SMARTS) is 1. The minimum absolute atomic E-state index is 0.0874. The Labute approximate surface area is 272 Å². The summed E-state index contributed by atoms with van der Waals surface area (Å²) in [6.07, 6.45) is 4.76. The molecule has 2 heterocycles. The number of aliphatic carboxylic acids is 1. The summed E-state index contributed by atoms with van der Waals surface area (Å²) in [5.41, 5.74) is 5.63. The van der Waals surface area contributed by atoms with Crippen molar-refractivity contribution >= 4 is 17.6 Å². The molecular weight excluding hydrogens is 574 g/mol. The number of benzene rings is 3. The molecular formula is C39H45N3O4. The number of amides is 1. The van der Waals surface area contributed by atoms with E-state index in [0.29, 0.717) is 17.8 Å². The van der Waals surface area contributed by atoms with Gasteiger partial charge in [0.15, 0.2) is 0 Å². The highest BCUT2D eigenvalue weighted by atomic mass is 16.5. The Morgan fingerprint density at radius 3 is 2.30 bits per heavy atom. The van der Waals surface area contributed by atoms with Crippen molar-refractivity contribution in [2.24, 2.45) is 0 Å². The number of fused-ring (bicyclic) bond motifs is 1. The van der Waals surface area contributed by atoms with Crippen molar-refractivity contribution in [2.75, 3.05) is 11.4 Å². The van der Waals surface area contributed by atoms with E-state index in [1.54, 1.807) is 11.0 Å². The van der Waals surface area contributed by atoms with Gasteiger partial charge in [-0.1, -0.05) is 93.4 Å².